The van der Waals surface area contributed by atoms with Gasteiger partial charge in [-0.2, -0.15) is 0 Å². The van der Waals surface area contributed by atoms with Crippen LogP contribution in [0.1, 0.15) is 47.6 Å². The molecule has 1 saturated heterocycles. The molecule has 134 valence electrons. The zero-order valence-corrected chi connectivity index (χ0v) is 15.0. The van der Waals surface area contributed by atoms with Gasteiger partial charge in [-0.3, -0.25) is 4.79 Å². The van der Waals surface area contributed by atoms with Gasteiger partial charge in [0.1, 0.15) is 5.75 Å². The van der Waals surface area contributed by atoms with Gasteiger partial charge in [-0.1, -0.05) is 11.3 Å². The number of aromatic nitrogens is 3. The van der Waals surface area contributed by atoms with Crippen molar-refractivity contribution in [2.75, 3.05) is 25.0 Å². The van der Waals surface area contributed by atoms with E-state index >= 15 is 0 Å². The zero-order valence-electron chi connectivity index (χ0n) is 15.0. The summed E-state index contributed by atoms with van der Waals surface area (Å²) in [5.41, 5.74) is 2.90. The van der Waals surface area contributed by atoms with Crippen molar-refractivity contribution in [1.82, 2.24) is 20.3 Å². The van der Waals surface area contributed by atoms with Gasteiger partial charge in [0.05, 0.1) is 18.3 Å². The fraction of sp³-hybridized carbons (Fsp3) is 0.500. The molecule has 7 heteroatoms. The van der Waals surface area contributed by atoms with Crippen LogP contribution >= 0.6 is 0 Å². The lowest BCUT2D eigenvalue weighted by Gasteiger charge is -2.23. The van der Waals surface area contributed by atoms with E-state index in [1.54, 1.807) is 0 Å². The molecule has 0 bridgehead atoms. The maximum Gasteiger partial charge on any atom is 0.278 e. The number of nitrogens with one attached hydrogen (secondary N) is 2. The zero-order chi connectivity index (χ0) is 17.8. The summed E-state index contributed by atoms with van der Waals surface area (Å²) in [6.07, 6.45) is 2.00. The Morgan fingerprint density at radius 2 is 2.12 bits per heavy atom. The first-order valence-electron chi connectivity index (χ1n) is 8.77. The summed E-state index contributed by atoms with van der Waals surface area (Å²) >= 11 is 0. The molecule has 1 amide bonds. The van der Waals surface area contributed by atoms with Crippen LogP contribution in [-0.4, -0.2) is 40.6 Å². The Hall–Kier alpha value is -2.41. The number of hydrogen-bond acceptors (Lipinski definition) is 5. The van der Waals surface area contributed by atoms with Crippen molar-refractivity contribution < 1.29 is 9.53 Å². The monoisotopic (exact) mass is 343 g/mol. The number of rotatable bonds is 5. The summed E-state index contributed by atoms with van der Waals surface area (Å²) in [6, 6.07) is 5.93. The number of carbonyl (C=O) groups is 1. The lowest BCUT2D eigenvalue weighted by molar-refractivity contribution is 0.102. The second-order valence-corrected chi connectivity index (χ2v) is 6.32. The van der Waals surface area contributed by atoms with Crippen molar-refractivity contribution in [3.63, 3.8) is 0 Å². The first-order valence-corrected chi connectivity index (χ1v) is 8.77. The van der Waals surface area contributed by atoms with Gasteiger partial charge in [0.25, 0.3) is 5.91 Å². The fourth-order valence-corrected chi connectivity index (χ4v) is 3.13. The van der Waals surface area contributed by atoms with Crippen LogP contribution < -0.4 is 15.4 Å². The van der Waals surface area contributed by atoms with Crippen molar-refractivity contribution in [3.8, 4) is 5.75 Å². The number of ether oxygens (including phenoxy) is 1. The van der Waals surface area contributed by atoms with Crippen LogP contribution in [0.5, 0.6) is 5.75 Å². The molecule has 25 heavy (non-hydrogen) atoms. The number of amides is 1. The maximum absolute atomic E-state index is 12.6. The summed E-state index contributed by atoms with van der Waals surface area (Å²) in [5, 5.41) is 14.6. The minimum absolute atomic E-state index is 0.246. The average Bonchev–Trinajstić information content (AvgIpc) is 3.00. The predicted molar refractivity (Wildman–Crippen MR) is 96.2 cm³/mol. The van der Waals surface area contributed by atoms with E-state index in [0.717, 1.165) is 42.9 Å². The Morgan fingerprint density at radius 1 is 1.36 bits per heavy atom. The molecule has 1 aromatic heterocycles. The molecule has 1 fully saturated rings. The van der Waals surface area contributed by atoms with Gasteiger partial charge in [-0.15, -0.1) is 5.10 Å². The molecule has 0 aliphatic carbocycles. The van der Waals surface area contributed by atoms with Crippen LogP contribution in [0.25, 0.3) is 0 Å². The second kappa shape index (κ2) is 7.65. The number of benzene rings is 1. The number of carbonyl (C=O) groups excluding carboxylic acids is 1. The summed E-state index contributed by atoms with van der Waals surface area (Å²) in [6.45, 7) is 8.34. The summed E-state index contributed by atoms with van der Waals surface area (Å²) < 4.78 is 7.47. The molecule has 2 aromatic rings. The minimum Gasteiger partial charge on any atom is -0.494 e. The quantitative estimate of drug-likeness (QED) is 0.872. The van der Waals surface area contributed by atoms with Gasteiger partial charge in [-0.25, -0.2) is 4.68 Å². The molecule has 1 aliphatic heterocycles. The first-order chi connectivity index (χ1) is 12.1. The van der Waals surface area contributed by atoms with E-state index in [9.17, 15) is 4.79 Å². The fourth-order valence-electron chi connectivity index (χ4n) is 3.13. The van der Waals surface area contributed by atoms with Gasteiger partial charge in [0.15, 0.2) is 5.69 Å². The number of piperidine rings is 1. The van der Waals surface area contributed by atoms with E-state index in [4.69, 9.17) is 4.74 Å². The van der Waals surface area contributed by atoms with Crippen molar-refractivity contribution in [2.24, 2.45) is 0 Å². The number of nitrogens with zero attached hydrogens (tertiary/aromatic N) is 3. The maximum atomic E-state index is 12.6. The minimum atomic E-state index is -0.246. The van der Waals surface area contributed by atoms with E-state index in [0.29, 0.717) is 24.0 Å². The van der Waals surface area contributed by atoms with Crippen molar-refractivity contribution in [3.05, 3.63) is 35.2 Å². The highest BCUT2D eigenvalue weighted by Crippen LogP contribution is 2.24. The topological polar surface area (TPSA) is 81.1 Å². The number of anilines is 1. The van der Waals surface area contributed by atoms with Gasteiger partial charge in [-0.05, 0) is 58.3 Å². The Morgan fingerprint density at radius 3 is 2.84 bits per heavy atom. The Balaban J connectivity index is 1.75. The van der Waals surface area contributed by atoms with Crippen LogP contribution in [-0.2, 0) is 0 Å². The van der Waals surface area contributed by atoms with Crippen LogP contribution in [0.3, 0.4) is 0 Å². The van der Waals surface area contributed by atoms with Gasteiger partial charge >= 0.3 is 0 Å². The van der Waals surface area contributed by atoms with Crippen LogP contribution in [0.15, 0.2) is 18.2 Å². The highest BCUT2D eigenvalue weighted by atomic mass is 16.5. The lowest BCUT2D eigenvalue weighted by atomic mass is 10.1. The van der Waals surface area contributed by atoms with E-state index in [-0.39, 0.29) is 5.91 Å². The van der Waals surface area contributed by atoms with Crippen molar-refractivity contribution in [2.45, 2.75) is 39.7 Å². The second-order valence-electron chi connectivity index (χ2n) is 6.32. The van der Waals surface area contributed by atoms with Crippen LogP contribution in [0, 0.1) is 13.8 Å². The van der Waals surface area contributed by atoms with Crippen LogP contribution in [0.2, 0.25) is 0 Å². The molecule has 0 saturated carbocycles. The van der Waals surface area contributed by atoms with Gasteiger partial charge in [0.2, 0.25) is 0 Å². The van der Waals surface area contributed by atoms with Crippen LogP contribution in [0.4, 0.5) is 5.69 Å². The summed E-state index contributed by atoms with van der Waals surface area (Å²) in [4.78, 5) is 12.6. The van der Waals surface area contributed by atoms with Crippen molar-refractivity contribution in [1.29, 1.82) is 0 Å². The van der Waals surface area contributed by atoms with E-state index in [1.807, 2.05) is 43.7 Å². The smallest absolute Gasteiger partial charge is 0.278 e. The molecule has 1 aromatic carbocycles. The molecule has 3 rings (SSSR count). The normalized spacial score (nSPS) is 15.2. The highest BCUT2D eigenvalue weighted by molar-refractivity contribution is 6.03. The molecule has 1 aliphatic rings. The molecular weight excluding hydrogens is 318 g/mol. The van der Waals surface area contributed by atoms with Crippen molar-refractivity contribution >= 4 is 11.6 Å². The summed E-state index contributed by atoms with van der Waals surface area (Å²) in [5.74, 6) is 0.527. The van der Waals surface area contributed by atoms with Gasteiger partial charge in [0, 0.05) is 11.8 Å². The number of aryl methyl sites for hydroxylation is 1. The third kappa shape index (κ3) is 3.82. The highest BCUT2D eigenvalue weighted by Gasteiger charge is 2.23. The predicted octanol–water partition coefficient (Wildman–Crippen LogP) is 2.47. The van der Waals surface area contributed by atoms with E-state index in [2.05, 4.69) is 20.9 Å². The molecule has 0 atom stereocenters. The first kappa shape index (κ1) is 17.4. The Labute approximate surface area is 147 Å². The van der Waals surface area contributed by atoms with E-state index in [1.165, 1.54) is 0 Å². The lowest BCUT2D eigenvalue weighted by Crippen LogP contribution is -2.30. The third-order valence-corrected chi connectivity index (χ3v) is 4.54. The molecule has 0 spiro atoms. The average molecular weight is 343 g/mol. The Bertz CT molecular complexity index is 750. The molecular formula is C18H25N5O2. The summed E-state index contributed by atoms with van der Waals surface area (Å²) in [7, 11) is 0. The standard InChI is InChI=1S/C18H25N5O2/c1-4-25-16-11-14(6-5-12(16)2)20-18(24)17-13(3)23(22-21-17)15-7-9-19-10-8-15/h5-6,11,15,19H,4,7-10H2,1-3H3,(H,20,24). The molecule has 2 N–H and O–H groups in total. The molecule has 0 radical (unpaired) electrons. The molecule has 2 heterocycles. The Kier molecular flexibility index (Phi) is 5.33. The largest absolute Gasteiger partial charge is 0.494 e. The SMILES string of the molecule is CCOc1cc(NC(=O)c2nnn(C3CCNCC3)c2C)ccc1C. The number of hydrogen-bond donors (Lipinski definition) is 2. The molecule has 7 nitrogen and oxygen atoms in total. The molecule has 0 unspecified atom stereocenters. The van der Waals surface area contributed by atoms with E-state index < -0.39 is 0 Å². The van der Waals surface area contributed by atoms with Gasteiger partial charge < -0.3 is 15.4 Å². The third-order valence-electron chi connectivity index (χ3n) is 4.54.